The smallest absolute Gasteiger partial charge is 0.407 e. The van der Waals surface area contributed by atoms with E-state index in [9.17, 15) is 23.1 Å². The molecule has 1 aliphatic heterocycles. The molecule has 0 fully saturated rings. The number of hydrogen-bond acceptors (Lipinski definition) is 6. The van der Waals surface area contributed by atoms with E-state index in [-0.39, 0.29) is 37.3 Å². The van der Waals surface area contributed by atoms with Crippen molar-refractivity contribution in [2.75, 3.05) is 26.5 Å². The van der Waals surface area contributed by atoms with Crippen molar-refractivity contribution in [3.05, 3.63) is 17.0 Å². The Morgan fingerprint density at radius 1 is 1.44 bits per heavy atom. The third kappa shape index (κ3) is 5.19. The van der Waals surface area contributed by atoms with Crippen LogP contribution < -0.4 is 0 Å². The summed E-state index contributed by atoms with van der Waals surface area (Å²) in [6.45, 7) is 5.65. The molecule has 0 spiro atoms. The highest BCUT2D eigenvalue weighted by Gasteiger charge is 2.34. The van der Waals surface area contributed by atoms with E-state index < -0.39 is 21.6 Å². The predicted octanol–water partition coefficient (Wildman–Crippen LogP) is 0.909. The number of rotatable bonds is 6. The molecule has 2 heterocycles. The maximum Gasteiger partial charge on any atom is 0.407 e. The Bertz CT molecular complexity index is 832. The van der Waals surface area contributed by atoms with Gasteiger partial charge in [0.05, 0.1) is 19.4 Å². The zero-order valence-corrected chi connectivity index (χ0v) is 17.0. The molecule has 0 radical (unpaired) electrons. The molecule has 10 nitrogen and oxygen atoms in total. The van der Waals surface area contributed by atoms with Gasteiger partial charge in [-0.2, -0.15) is 13.5 Å². The first-order valence-corrected chi connectivity index (χ1v) is 10.3. The molecule has 2 N–H and O–H groups in total. The van der Waals surface area contributed by atoms with E-state index in [0.29, 0.717) is 12.0 Å². The summed E-state index contributed by atoms with van der Waals surface area (Å²) < 4.78 is 27.2. The minimum atomic E-state index is -3.57. The summed E-state index contributed by atoms with van der Waals surface area (Å²) in [5, 5.41) is 16.3. The summed E-state index contributed by atoms with van der Waals surface area (Å²) in [6.07, 6.45) is 0.391. The van der Waals surface area contributed by atoms with Gasteiger partial charge in [-0.25, -0.2) is 4.79 Å². The maximum absolute atomic E-state index is 12.8. The van der Waals surface area contributed by atoms with Gasteiger partial charge in [-0.3, -0.25) is 14.1 Å². The Labute approximate surface area is 158 Å². The van der Waals surface area contributed by atoms with Crippen LogP contribution in [0.5, 0.6) is 0 Å². The van der Waals surface area contributed by atoms with Crippen LogP contribution in [-0.4, -0.2) is 78.0 Å². The number of aromatic nitrogens is 2. The van der Waals surface area contributed by atoms with Crippen LogP contribution in [-0.2, 0) is 27.3 Å². The summed E-state index contributed by atoms with van der Waals surface area (Å²) in [5.74, 6) is -0.361. The van der Waals surface area contributed by atoms with Crippen molar-refractivity contribution in [1.29, 1.82) is 0 Å². The van der Waals surface area contributed by atoms with E-state index in [2.05, 4.69) is 10.2 Å². The molecule has 2 amide bonds. The molecule has 1 atom stereocenters. The number of nitrogens with zero attached hydrogens (tertiary/aromatic N) is 3. The third-order valence-electron chi connectivity index (χ3n) is 4.44. The molecule has 0 saturated carbocycles. The summed E-state index contributed by atoms with van der Waals surface area (Å²) in [5.41, 5.74) is 0.922. The highest BCUT2D eigenvalue weighted by Crippen LogP contribution is 2.26. The molecule has 1 aliphatic rings. The maximum atomic E-state index is 12.8. The molecule has 1 aromatic heterocycles. The average molecular weight is 402 g/mol. The number of H-pyrrole nitrogens is 1. The van der Waals surface area contributed by atoms with Crippen molar-refractivity contribution in [1.82, 2.24) is 20.0 Å². The number of amides is 2. The fourth-order valence-corrected chi connectivity index (χ4v) is 3.65. The standard InChI is InChI=1S/C16H26N4O6S/c1-10-6-12-11(7-20(10)15(22)23)13(18-17-12)14(21)19(4)8-16(2,3)9-26-27(5,24)25/h10H,6-9H2,1-5H3,(H,17,18)(H,22,23). The Balaban J connectivity index is 2.13. The van der Waals surface area contributed by atoms with E-state index in [1.807, 2.05) is 0 Å². The minimum absolute atomic E-state index is 0.0631. The summed E-state index contributed by atoms with van der Waals surface area (Å²) >= 11 is 0. The molecular formula is C16H26N4O6S. The van der Waals surface area contributed by atoms with Gasteiger partial charge >= 0.3 is 6.09 Å². The topological polar surface area (TPSA) is 133 Å². The van der Waals surface area contributed by atoms with Crippen LogP contribution in [0.2, 0.25) is 0 Å². The first-order valence-electron chi connectivity index (χ1n) is 8.46. The van der Waals surface area contributed by atoms with Gasteiger partial charge in [-0.1, -0.05) is 13.8 Å². The third-order valence-corrected chi connectivity index (χ3v) is 4.98. The number of carbonyl (C=O) groups is 2. The summed E-state index contributed by atoms with van der Waals surface area (Å²) in [4.78, 5) is 26.9. The first-order chi connectivity index (χ1) is 12.3. The molecule has 0 saturated heterocycles. The zero-order chi connectivity index (χ0) is 20.6. The van der Waals surface area contributed by atoms with E-state index in [0.717, 1.165) is 11.9 Å². The van der Waals surface area contributed by atoms with E-state index in [4.69, 9.17) is 4.18 Å². The average Bonchev–Trinajstić information content (AvgIpc) is 2.92. The van der Waals surface area contributed by atoms with E-state index in [1.54, 1.807) is 27.8 Å². The second-order valence-electron chi connectivity index (χ2n) is 7.78. The number of hydrogen-bond donors (Lipinski definition) is 2. The second kappa shape index (κ2) is 7.47. The predicted molar refractivity (Wildman–Crippen MR) is 96.9 cm³/mol. The Hall–Kier alpha value is -2.14. The highest BCUT2D eigenvalue weighted by atomic mass is 32.2. The van der Waals surface area contributed by atoms with Crippen molar-refractivity contribution in [3.8, 4) is 0 Å². The molecule has 27 heavy (non-hydrogen) atoms. The van der Waals surface area contributed by atoms with Crippen molar-refractivity contribution < 1.29 is 27.3 Å². The van der Waals surface area contributed by atoms with Crippen LogP contribution in [0.3, 0.4) is 0 Å². The SMILES string of the molecule is CC1Cc2[nH]nc(C(=O)N(C)CC(C)(C)COS(C)(=O)=O)c2CN1C(=O)O. The number of aromatic amines is 1. The van der Waals surface area contributed by atoms with Gasteiger partial charge in [0.2, 0.25) is 0 Å². The zero-order valence-electron chi connectivity index (χ0n) is 16.1. The quantitative estimate of drug-likeness (QED) is 0.676. The van der Waals surface area contributed by atoms with Crippen LogP contribution in [0.1, 0.15) is 42.5 Å². The van der Waals surface area contributed by atoms with E-state index in [1.165, 1.54) is 9.80 Å². The lowest BCUT2D eigenvalue weighted by Crippen LogP contribution is -2.43. The molecular weight excluding hydrogens is 376 g/mol. The number of fused-ring (bicyclic) bond motifs is 1. The van der Waals surface area contributed by atoms with Gasteiger partial charge in [0.15, 0.2) is 5.69 Å². The lowest BCUT2D eigenvalue weighted by Gasteiger charge is -2.32. The van der Waals surface area contributed by atoms with Crippen LogP contribution >= 0.6 is 0 Å². The van der Waals surface area contributed by atoms with Crippen LogP contribution in [0.4, 0.5) is 4.79 Å². The summed E-state index contributed by atoms with van der Waals surface area (Å²) in [7, 11) is -1.98. The molecule has 0 bridgehead atoms. The van der Waals surface area contributed by atoms with Crippen molar-refractivity contribution in [2.45, 2.75) is 39.8 Å². The summed E-state index contributed by atoms with van der Waals surface area (Å²) in [6, 6.07) is -0.205. The van der Waals surface area contributed by atoms with Gasteiger partial charge in [0.25, 0.3) is 16.0 Å². The monoisotopic (exact) mass is 402 g/mol. The van der Waals surface area contributed by atoms with Gasteiger partial charge in [0.1, 0.15) is 0 Å². The van der Waals surface area contributed by atoms with Crippen LogP contribution in [0.25, 0.3) is 0 Å². The molecule has 2 rings (SSSR count). The fraction of sp³-hybridized carbons (Fsp3) is 0.688. The normalized spacial score (nSPS) is 17.5. The first kappa shape index (κ1) is 21.2. The molecule has 1 unspecified atom stereocenters. The largest absolute Gasteiger partial charge is 0.465 e. The lowest BCUT2D eigenvalue weighted by atomic mass is 9.94. The Kier molecular flexibility index (Phi) is 5.85. The van der Waals surface area contributed by atoms with Crippen molar-refractivity contribution >= 4 is 22.1 Å². The molecule has 1 aromatic rings. The van der Waals surface area contributed by atoms with Crippen molar-refractivity contribution in [2.24, 2.45) is 5.41 Å². The molecule has 152 valence electrons. The minimum Gasteiger partial charge on any atom is -0.465 e. The van der Waals surface area contributed by atoms with Crippen LogP contribution in [0, 0.1) is 5.41 Å². The van der Waals surface area contributed by atoms with Gasteiger partial charge in [-0.05, 0) is 6.92 Å². The Morgan fingerprint density at radius 2 is 2.07 bits per heavy atom. The fourth-order valence-electron chi connectivity index (χ4n) is 3.11. The molecule has 11 heteroatoms. The van der Waals surface area contributed by atoms with Gasteiger partial charge < -0.3 is 14.9 Å². The van der Waals surface area contributed by atoms with Gasteiger partial charge in [-0.15, -0.1) is 0 Å². The van der Waals surface area contributed by atoms with Crippen LogP contribution in [0.15, 0.2) is 0 Å². The molecule has 0 aliphatic carbocycles. The number of nitrogens with one attached hydrogen (secondary N) is 1. The van der Waals surface area contributed by atoms with Gasteiger partial charge in [0, 0.05) is 42.7 Å². The Morgan fingerprint density at radius 3 is 2.63 bits per heavy atom. The number of carboxylic acid groups (broad SMARTS) is 1. The number of carbonyl (C=O) groups excluding carboxylic acids is 1. The molecule has 0 aromatic carbocycles. The lowest BCUT2D eigenvalue weighted by molar-refractivity contribution is 0.0679. The highest BCUT2D eigenvalue weighted by molar-refractivity contribution is 7.85. The van der Waals surface area contributed by atoms with Crippen molar-refractivity contribution in [3.63, 3.8) is 0 Å². The second-order valence-corrected chi connectivity index (χ2v) is 9.43. The van der Waals surface area contributed by atoms with E-state index >= 15 is 0 Å².